The maximum absolute atomic E-state index is 10.5. The molecule has 0 radical (unpaired) electrons. The van der Waals surface area contributed by atoms with Gasteiger partial charge in [0.25, 0.3) is 5.69 Å². The molecule has 0 aliphatic carbocycles. The van der Waals surface area contributed by atoms with Gasteiger partial charge >= 0.3 is 0 Å². The van der Waals surface area contributed by atoms with Crippen LogP contribution in [0.15, 0.2) is 42.6 Å². The normalized spacial score (nSPS) is 9.88. The van der Waals surface area contributed by atoms with E-state index in [2.05, 4.69) is 20.9 Å². The first kappa shape index (κ1) is 17.4. The summed E-state index contributed by atoms with van der Waals surface area (Å²) in [6, 6.07) is 10.4. The highest BCUT2D eigenvalue weighted by atomic mass is 32.1. The van der Waals surface area contributed by atoms with Gasteiger partial charge in [-0.2, -0.15) is 0 Å². The molecule has 126 valence electrons. The topological polar surface area (TPSA) is 101 Å². The van der Waals surface area contributed by atoms with Crippen LogP contribution in [-0.2, 0) is 0 Å². The van der Waals surface area contributed by atoms with Crippen molar-refractivity contribution in [2.75, 3.05) is 30.8 Å². The monoisotopic (exact) mass is 347 g/mol. The van der Waals surface area contributed by atoms with E-state index in [9.17, 15) is 10.1 Å². The number of hydrogen-bond donors (Lipinski definition) is 3. The molecule has 1 aromatic carbocycles. The van der Waals surface area contributed by atoms with E-state index in [0.29, 0.717) is 24.0 Å². The number of nitrogens with zero attached hydrogens (tertiary/aromatic N) is 2. The number of benzene rings is 1. The van der Waals surface area contributed by atoms with Gasteiger partial charge in [-0.25, -0.2) is 4.98 Å². The van der Waals surface area contributed by atoms with Gasteiger partial charge in [-0.15, -0.1) is 0 Å². The van der Waals surface area contributed by atoms with Crippen molar-refractivity contribution in [2.45, 2.75) is 0 Å². The first-order valence-electron chi connectivity index (χ1n) is 7.11. The third kappa shape index (κ3) is 5.36. The molecule has 0 fully saturated rings. The number of nitro groups is 1. The number of aromatic nitrogens is 1. The summed E-state index contributed by atoms with van der Waals surface area (Å²) in [5.74, 6) is 1.34. The van der Waals surface area contributed by atoms with Gasteiger partial charge in [-0.05, 0) is 42.5 Å². The third-order valence-electron chi connectivity index (χ3n) is 3.02. The minimum atomic E-state index is -0.485. The highest BCUT2D eigenvalue weighted by Crippen LogP contribution is 2.14. The minimum Gasteiger partial charge on any atom is -0.497 e. The summed E-state index contributed by atoms with van der Waals surface area (Å²) >= 11 is 5.20. The predicted octanol–water partition coefficient (Wildman–Crippen LogP) is 2.40. The van der Waals surface area contributed by atoms with Crippen molar-refractivity contribution in [2.24, 2.45) is 0 Å². The molecule has 0 spiro atoms. The Bertz CT molecular complexity index is 691. The largest absolute Gasteiger partial charge is 0.497 e. The summed E-state index contributed by atoms with van der Waals surface area (Å²) in [7, 11) is 1.61. The Balaban J connectivity index is 1.69. The first-order valence-corrected chi connectivity index (χ1v) is 7.52. The molecule has 8 nitrogen and oxygen atoms in total. The number of thiocarbonyl (C=S) groups is 1. The predicted molar refractivity (Wildman–Crippen MR) is 96.6 cm³/mol. The van der Waals surface area contributed by atoms with E-state index in [1.54, 1.807) is 13.2 Å². The molecule has 0 aliphatic heterocycles. The van der Waals surface area contributed by atoms with E-state index in [1.807, 2.05) is 24.3 Å². The molecular weight excluding hydrogens is 330 g/mol. The van der Waals surface area contributed by atoms with Gasteiger partial charge in [-0.1, -0.05) is 0 Å². The zero-order valence-electron chi connectivity index (χ0n) is 13.0. The fraction of sp³-hybridized carbons (Fsp3) is 0.200. The lowest BCUT2D eigenvalue weighted by Gasteiger charge is -2.11. The molecular formula is C15H17N5O3S. The van der Waals surface area contributed by atoms with Gasteiger partial charge in [0.05, 0.1) is 12.0 Å². The third-order valence-corrected chi connectivity index (χ3v) is 3.27. The molecule has 9 heteroatoms. The molecule has 2 rings (SSSR count). The second-order valence-electron chi connectivity index (χ2n) is 4.69. The average molecular weight is 347 g/mol. The van der Waals surface area contributed by atoms with Gasteiger partial charge < -0.3 is 20.7 Å². The van der Waals surface area contributed by atoms with E-state index in [1.165, 1.54) is 12.3 Å². The van der Waals surface area contributed by atoms with Gasteiger partial charge in [0.1, 0.15) is 17.8 Å². The Kier molecular flexibility index (Phi) is 6.26. The SMILES string of the molecule is COc1ccc(NC(=S)NCCNc2ccc([N+](=O)[O-])cn2)cc1. The van der Waals surface area contributed by atoms with Crippen molar-refractivity contribution < 1.29 is 9.66 Å². The summed E-state index contributed by atoms with van der Waals surface area (Å²) in [4.78, 5) is 14.0. The molecule has 0 atom stereocenters. The summed E-state index contributed by atoms with van der Waals surface area (Å²) in [6.45, 7) is 1.13. The highest BCUT2D eigenvalue weighted by Gasteiger charge is 2.04. The van der Waals surface area contributed by atoms with Crippen LogP contribution in [0.2, 0.25) is 0 Å². The molecule has 0 bridgehead atoms. The van der Waals surface area contributed by atoms with Crippen LogP contribution in [0.4, 0.5) is 17.2 Å². The quantitative estimate of drug-likeness (QED) is 0.304. The lowest BCUT2D eigenvalue weighted by atomic mass is 10.3. The second kappa shape index (κ2) is 8.63. The van der Waals surface area contributed by atoms with Gasteiger partial charge in [-0.3, -0.25) is 10.1 Å². The Morgan fingerprint density at radius 2 is 2.00 bits per heavy atom. The molecule has 0 unspecified atom stereocenters. The minimum absolute atomic E-state index is 0.0384. The number of rotatable bonds is 7. The van der Waals surface area contributed by atoms with Crippen LogP contribution in [-0.4, -0.2) is 35.2 Å². The fourth-order valence-corrected chi connectivity index (χ4v) is 2.03. The Labute approximate surface area is 144 Å². The molecule has 24 heavy (non-hydrogen) atoms. The van der Waals surface area contributed by atoms with Crippen LogP contribution < -0.4 is 20.7 Å². The number of hydrogen-bond acceptors (Lipinski definition) is 6. The maximum atomic E-state index is 10.5. The summed E-state index contributed by atoms with van der Waals surface area (Å²) in [5.41, 5.74) is 0.821. The maximum Gasteiger partial charge on any atom is 0.287 e. The Morgan fingerprint density at radius 1 is 1.25 bits per heavy atom. The van der Waals surface area contributed by atoms with Gasteiger partial charge in [0.15, 0.2) is 5.11 Å². The molecule has 1 heterocycles. The first-order chi connectivity index (χ1) is 11.6. The van der Waals surface area contributed by atoms with E-state index >= 15 is 0 Å². The van der Waals surface area contributed by atoms with Crippen molar-refractivity contribution in [3.05, 3.63) is 52.7 Å². The van der Waals surface area contributed by atoms with Gasteiger partial charge in [0, 0.05) is 24.8 Å². The van der Waals surface area contributed by atoms with E-state index in [4.69, 9.17) is 17.0 Å². The number of anilines is 2. The number of ether oxygens (including phenoxy) is 1. The Morgan fingerprint density at radius 3 is 2.58 bits per heavy atom. The van der Waals surface area contributed by atoms with E-state index in [-0.39, 0.29) is 5.69 Å². The summed E-state index contributed by atoms with van der Waals surface area (Å²) < 4.78 is 5.09. The molecule has 0 aliphatic rings. The van der Waals surface area contributed by atoms with Crippen molar-refractivity contribution in [1.82, 2.24) is 10.3 Å². The fourth-order valence-electron chi connectivity index (χ4n) is 1.81. The molecule has 1 aromatic heterocycles. The number of pyridine rings is 1. The molecule has 0 amide bonds. The van der Waals surface area contributed by atoms with Gasteiger partial charge in [0.2, 0.25) is 0 Å². The molecule has 3 N–H and O–H groups in total. The van der Waals surface area contributed by atoms with Crippen molar-refractivity contribution in [3.63, 3.8) is 0 Å². The average Bonchev–Trinajstić information content (AvgIpc) is 2.60. The smallest absolute Gasteiger partial charge is 0.287 e. The van der Waals surface area contributed by atoms with Crippen LogP contribution in [0.3, 0.4) is 0 Å². The number of nitrogens with one attached hydrogen (secondary N) is 3. The van der Waals surface area contributed by atoms with Crippen LogP contribution in [0, 0.1) is 10.1 Å². The second-order valence-corrected chi connectivity index (χ2v) is 5.10. The van der Waals surface area contributed by atoms with Crippen molar-refractivity contribution in [1.29, 1.82) is 0 Å². The van der Waals surface area contributed by atoms with Crippen LogP contribution >= 0.6 is 12.2 Å². The van der Waals surface area contributed by atoms with Crippen LogP contribution in [0.1, 0.15) is 0 Å². The summed E-state index contributed by atoms with van der Waals surface area (Å²) in [6.07, 6.45) is 1.21. The molecule has 2 aromatic rings. The lowest BCUT2D eigenvalue weighted by Crippen LogP contribution is -2.32. The van der Waals surface area contributed by atoms with Crippen LogP contribution in [0.5, 0.6) is 5.75 Å². The zero-order chi connectivity index (χ0) is 17.4. The van der Waals surface area contributed by atoms with Crippen molar-refractivity contribution in [3.8, 4) is 5.75 Å². The number of methoxy groups -OCH3 is 1. The molecule has 0 saturated heterocycles. The highest BCUT2D eigenvalue weighted by molar-refractivity contribution is 7.80. The van der Waals surface area contributed by atoms with Crippen molar-refractivity contribution >= 4 is 34.5 Å². The lowest BCUT2D eigenvalue weighted by molar-refractivity contribution is -0.385. The zero-order valence-corrected chi connectivity index (χ0v) is 13.8. The Hall–Kier alpha value is -2.94. The van der Waals surface area contributed by atoms with Crippen LogP contribution in [0.25, 0.3) is 0 Å². The summed E-state index contributed by atoms with van der Waals surface area (Å²) in [5, 5.41) is 20.2. The molecule has 0 saturated carbocycles. The van der Waals surface area contributed by atoms with E-state index in [0.717, 1.165) is 11.4 Å². The standard InChI is InChI=1S/C15H17N5O3S/c1-23-13-5-2-11(3-6-13)19-15(24)17-9-8-16-14-7-4-12(10-18-14)20(21)22/h2-7,10H,8-9H2,1H3,(H,16,18)(H2,17,19,24). The van der Waals surface area contributed by atoms with E-state index < -0.39 is 4.92 Å².